The number of benzene rings is 3. The molecule has 1 aliphatic carbocycles. The Balaban J connectivity index is 0.00000156. The van der Waals surface area contributed by atoms with Crippen LogP contribution in [0.2, 0.25) is 5.02 Å². The van der Waals surface area contributed by atoms with Crippen LogP contribution in [0, 0.1) is 0 Å². The van der Waals surface area contributed by atoms with Crippen molar-refractivity contribution in [2.45, 2.75) is 58.8 Å². The average Bonchev–Trinajstić information content (AvgIpc) is 3.37. The quantitative estimate of drug-likeness (QED) is 0.216. The molecule has 2 nitrogen and oxygen atoms in total. The SMILES string of the molecule is C=CC(Cc1cc(-c2ccc3c(c2)CCC=C3)n(-c2ccc(CCC)cc2)n1)c1cccc(Cl)c1.CC. The summed E-state index contributed by atoms with van der Waals surface area (Å²) >= 11 is 6.27. The Morgan fingerprint density at radius 3 is 2.57 bits per heavy atom. The second-order valence-corrected chi connectivity index (χ2v) is 9.74. The van der Waals surface area contributed by atoms with E-state index in [0.29, 0.717) is 0 Å². The molecule has 0 saturated carbocycles. The average molecular weight is 509 g/mol. The maximum atomic E-state index is 6.27. The normalized spacial score (nSPS) is 12.9. The van der Waals surface area contributed by atoms with E-state index in [1.807, 2.05) is 38.1 Å². The molecule has 1 unspecified atom stereocenters. The third kappa shape index (κ3) is 6.32. The summed E-state index contributed by atoms with van der Waals surface area (Å²) in [6, 6.07) is 25.9. The summed E-state index contributed by atoms with van der Waals surface area (Å²) in [6.45, 7) is 10.3. The maximum absolute atomic E-state index is 6.27. The van der Waals surface area contributed by atoms with E-state index < -0.39 is 0 Å². The molecule has 1 aromatic heterocycles. The second-order valence-electron chi connectivity index (χ2n) is 9.31. The van der Waals surface area contributed by atoms with E-state index in [2.05, 4.69) is 84.9 Å². The van der Waals surface area contributed by atoms with Gasteiger partial charge < -0.3 is 0 Å². The van der Waals surface area contributed by atoms with E-state index in [4.69, 9.17) is 16.7 Å². The zero-order chi connectivity index (χ0) is 26.2. The number of aryl methyl sites for hydroxylation is 2. The van der Waals surface area contributed by atoms with Crippen LogP contribution in [0.25, 0.3) is 23.0 Å². The number of hydrogen-bond acceptors (Lipinski definition) is 1. The van der Waals surface area contributed by atoms with Gasteiger partial charge in [-0.2, -0.15) is 5.10 Å². The second kappa shape index (κ2) is 12.7. The summed E-state index contributed by atoms with van der Waals surface area (Å²) in [4.78, 5) is 0. The summed E-state index contributed by atoms with van der Waals surface area (Å²) in [5.41, 5.74) is 9.69. The van der Waals surface area contributed by atoms with E-state index in [9.17, 15) is 0 Å². The summed E-state index contributed by atoms with van der Waals surface area (Å²) < 4.78 is 2.10. The molecule has 3 heteroatoms. The molecule has 1 heterocycles. The van der Waals surface area contributed by atoms with Crippen LogP contribution >= 0.6 is 11.6 Å². The smallest absolute Gasteiger partial charge is 0.0743 e. The van der Waals surface area contributed by atoms with E-state index in [1.54, 1.807) is 0 Å². The highest BCUT2D eigenvalue weighted by molar-refractivity contribution is 6.30. The van der Waals surface area contributed by atoms with Gasteiger partial charge in [0, 0.05) is 22.9 Å². The third-order valence-corrected chi connectivity index (χ3v) is 7.02. The highest BCUT2D eigenvalue weighted by atomic mass is 35.5. The van der Waals surface area contributed by atoms with E-state index in [1.165, 1.54) is 22.3 Å². The van der Waals surface area contributed by atoms with Crippen molar-refractivity contribution in [3.05, 3.63) is 124 Å². The molecule has 3 aromatic carbocycles. The molecule has 190 valence electrons. The molecular weight excluding hydrogens is 472 g/mol. The van der Waals surface area contributed by atoms with Crippen LogP contribution < -0.4 is 0 Å². The minimum Gasteiger partial charge on any atom is -0.233 e. The summed E-state index contributed by atoms with van der Waals surface area (Å²) in [7, 11) is 0. The lowest BCUT2D eigenvalue weighted by molar-refractivity contribution is 0.773. The Labute approximate surface area is 227 Å². The molecule has 0 bridgehead atoms. The molecule has 37 heavy (non-hydrogen) atoms. The van der Waals surface area contributed by atoms with Gasteiger partial charge in [-0.1, -0.05) is 93.4 Å². The largest absolute Gasteiger partial charge is 0.233 e. The predicted octanol–water partition coefficient (Wildman–Crippen LogP) is 9.64. The van der Waals surface area contributed by atoms with Crippen molar-refractivity contribution in [3.63, 3.8) is 0 Å². The molecule has 4 aromatic rings. The highest BCUT2D eigenvalue weighted by Gasteiger charge is 2.17. The first-order chi connectivity index (χ1) is 18.1. The van der Waals surface area contributed by atoms with Gasteiger partial charge in [-0.15, -0.1) is 6.58 Å². The van der Waals surface area contributed by atoms with Crippen LogP contribution in [-0.4, -0.2) is 9.78 Å². The van der Waals surface area contributed by atoms with Gasteiger partial charge in [0.25, 0.3) is 0 Å². The fraction of sp³-hybridized carbons (Fsp3) is 0.265. The molecule has 0 spiro atoms. The van der Waals surface area contributed by atoms with Gasteiger partial charge >= 0.3 is 0 Å². The van der Waals surface area contributed by atoms with Crippen molar-refractivity contribution in [1.29, 1.82) is 0 Å². The topological polar surface area (TPSA) is 17.8 Å². The van der Waals surface area contributed by atoms with Gasteiger partial charge in [0.1, 0.15) is 0 Å². The molecule has 0 amide bonds. The lowest BCUT2D eigenvalue weighted by atomic mass is 9.93. The van der Waals surface area contributed by atoms with Gasteiger partial charge in [0.05, 0.1) is 17.1 Å². The zero-order valence-electron chi connectivity index (χ0n) is 22.3. The van der Waals surface area contributed by atoms with Crippen LogP contribution in [0.15, 0.2) is 91.5 Å². The minimum atomic E-state index is 0.144. The first kappa shape index (κ1) is 26.7. The zero-order valence-corrected chi connectivity index (χ0v) is 23.0. The van der Waals surface area contributed by atoms with E-state index in [-0.39, 0.29) is 5.92 Å². The number of hydrogen-bond donors (Lipinski definition) is 0. The number of rotatable bonds is 8. The fourth-order valence-electron chi connectivity index (χ4n) is 4.92. The molecule has 1 atom stereocenters. The van der Waals surface area contributed by atoms with Crippen LogP contribution in [-0.2, 0) is 19.3 Å². The van der Waals surface area contributed by atoms with Crippen molar-refractivity contribution in [2.75, 3.05) is 0 Å². The van der Waals surface area contributed by atoms with Gasteiger partial charge in [-0.05, 0) is 77.9 Å². The number of aromatic nitrogens is 2. The van der Waals surface area contributed by atoms with Gasteiger partial charge in [-0.25, -0.2) is 4.68 Å². The van der Waals surface area contributed by atoms with Crippen LogP contribution in [0.5, 0.6) is 0 Å². The first-order valence-electron chi connectivity index (χ1n) is 13.5. The van der Waals surface area contributed by atoms with E-state index >= 15 is 0 Å². The predicted molar refractivity (Wildman–Crippen MR) is 160 cm³/mol. The van der Waals surface area contributed by atoms with Crippen molar-refractivity contribution in [2.24, 2.45) is 0 Å². The molecule has 0 aliphatic heterocycles. The highest BCUT2D eigenvalue weighted by Crippen LogP contribution is 2.31. The summed E-state index contributed by atoms with van der Waals surface area (Å²) in [5.74, 6) is 0.144. The Morgan fingerprint density at radius 2 is 1.84 bits per heavy atom. The van der Waals surface area contributed by atoms with Gasteiger partial charge in [0.15, 0.2) is 0 Å². The monoisotopic (exact) mass is 508 g/mol. The molecule has 0 N–H and O–H groups in total. The van der Waals surface area contributed by atoms with E-state index in [0.717, 1.165) is 59.8 Å². The molecule has 0 saturated heterocycles. The van der Waals surface area contributed by atoms with Crippen LogP contribution in [0.1, 0.15) is 67.5 Å². The van der Waals surface area contributed by atoms with Crippen LogP contribution in [0.3, 0.4) is 0 Å². The lowest BCUT2D eigenvalue weighted by Gasteiger charge is -2.13. The molecule has 0 radical (unpaired) electrons. The lowest BCUT2D eigenvalue weighted by Crippen LogP contribution is -2.03. The van der Waals surface area contributed by atoms with Crippen molar-refractivity contribution < 1.29 is 0 Å². The summed E-state index contributed by atoms with van der Waals surface area (Å²) in [6.07, 6.45) is 11.7. The van der Waals surface area contributed by atoms with Gasteiger partial charge in [-0.3, -0.25) is 0 Å². The van der Waals surface area contributed by atoms with Gasteiger partial charge in [0.2, 0.25) is 0 Å². The third-order valence-electron chi connectivity index (χ3n) is 6.79. The Bertz CT molecular complexity index is 1360. The Kier molecular flexibility index (Phi) is 9.19. The molecular formula is C34H37ClN2. The summed E-state index contributed by atoms with van der Waals surface area (Å²) in [5, 5.41) is 5.85. The number of nitrogens with zero attached hydrogens (tertiary/aromatic N) is 2. The first-order valence-corrected chi connectivity index (χ1v) is 13.9. The number of halogens is 1. The number of allylic oxidation sites excluding steroid dienone is 2. The fourth-order valence-corrected chi connectivity index (χ4v) is 5.12. The van der Waals surface area contributed by atoms with Crippen LogP contribution in [0.4, 0.5) is 0 Å². The maximum Gasteiger partial charge on any atom is 0.0743 e. The minimum absolute atomic E-state index is 0.144. The van der Waals surface area contributed by atoms with Crippen molar-refractivity contribution in [1.82, 2.24) is 9.78 Å². The molecule has 0 fully saturated rings. The Hall–Kier alpha value is -3.36. The molecule has 5 rings (SSSR count). The number of fused-ring (bicyclic) bond motifs is 1. The van der Waals surface area contributed by atoms with Crippen molar-refractivity contribution >= 4 is 17.7 Å². The Morgan fingerprint density at radius 1 is 1.03 bits per heavy atom. The molecule has 1 aliphatic rings. The standard InChI is InChI=1S/C32H31ClN2.C2H6/c1-3-8-23-13-17-31(18-14-23)35-32(28-16-15-25-9-5-6-10-26(25)19-28)22-30(34-35)21-24(4-2)27-11-7-12-29(33)20-27;1-2/h4-5,7,9,11-20,22,24H,2-3,6,8,10,21H2,1H3;1-2H3. The van der Waals surface area contributed by atoms with Crippen molar-refractivity contribution in [3.8, 4) is 16.9 Å².